The smallest absolute Gasteiger partial charge is 0.255 e. The van der Waals surface area contributed by atoms with Gasteiger partial charge in [-0.15, -0.1) is 0 Å². The molecule has 1 amide bonds. The van der Waals surface area contributed by atoms with Gasteiger partial charge in [0.05, 0.1) is 17.7 Å². The van der Waals surface area contributed by atoms with Crippen LogP contribution in [0, 0.1) is 6.92 Å². The van der Waals surface area contributed by atoms with Crippen molar-refractivity contribution in [3.8, 4) is 11.5 Å². The van der Waals surface area contributed by atoms with Gasteiger partial charge in [-0.05, 0) is 61.7 Å². The summed E-state index contributed by atoms with van der Waals surface area (Å²) in [5, 5.41) is 2.84. The van der Waals surface area contributed by atoms with Crippen molar-refractivity contribution >= 4 is 21.6 Å². The molecule has 1 aliphatic carbocycles. The SMILES string of the molecule is Cc1ccc(S(=O)(=O)NCc2ccco2)cc1C(=O)Nc1ccc2c(c1)OC1(CCCC1)O2. The third-order valence-corrected chi connectivity index (χ3v) is 7.34. The van der Waals surface area contributed by atoms with Crippen molar-refractivity contribution in [2.45, 2.75) is 49.8 Å². The minimum Gasteiger partial charge on any atom is -0.468 e. The number of hydrogen-bond acceptors (Lipinski definition) is 6. The molecule has 5 rings (SSSR count). The predicted molar refractivity (Wildman–Crippen MR) is 121 cm³/mol. The second-order valence-electron chi connectivity index (χ2n) is 8.32. The number of ether oxygens (including phenoxy) is 2. The highest BCUT2D eigenvalue weighted by molar-refractivity contribution is 7.89. The molecule has 1 spiro atoms. The van der Waals surface area contributed by atoms with Crippen LogP contribution in [0.3, 0.4) is 0 Å². The van der Waals surface area contributed by atoms with E-state index in [2.05, 4.69) is 10.0 Å². The number of rotatable bonds is 6. The number of amides is 1. The van der Waals surface area contributed by atoms with Crippen LogP contribution in [0.4, 0.5) is 5.69 Å². The molecule has 2 N–H and O–H groups in total. The molecule has 1 fully saturated rings. The molecule has 0 bridgehead atoms. The molecule has 2 aliphatic rings. The Bertz CT molecular complexity index is 1290. The van der Waals surface area contributed by atoms with Gasteiger partial charge in [-0.1, -0.05) is 6.07 Å². The zero-order valence-electron chi connectivity index (χ0n) is 18.1. The lowest BCUT2D eigenvalue weighted by molar-refractivity contribution is -0.0716. The number of carbonyl (C=O) groups is 1. The summed E-state index contributed by atoms with van der Waals surface area (Å²) >= 11 is 0. The third kappa shape index (κ3) is 4.34. The Labute approximate surface area is 191 Å². The number of aryl methyl sites for hydroxylation is 1. The second-order valence-corrected chi connectivity index (χ2v) is 10.1. The summed E-state index contributed by atoms with van der Waals surface area (Å²) in [5.74, 6) is 0.773. The Hall–Kier alpha value is -3.30. The van der Waals surface area contributed by atoms with Crippen LogP contribution in [0.5, 0.6) is 11.5 Å². The first kappa shape index (κ1) is 21.5. The maximum Gasteiger partial charge on any atom is 0.255 e. The molecule has 0 unspecified atom stereocenters. The zero-order chi connectivity index (χ0) is 23.1. The number of nitrogens with one attached hydrogen (secondary N) is 2. The lowest BCUT2D eigenvalue weighted by Crippen LogP contribution is -2.34. The van der Waals surface area contributed by atoms with E-state index in [1.54, 1.807) is 43.3 Å². The average molecular weight is 469 g/mol. The van der Waals surface area contributed by atoms with Gasteiger partial charge in [0.2, 0.25) is 10.0 Å². The first-order chi connectivity index (χ1) is 15.8. The molecule has 9 heteroatoms. The average Bonchev–Trinajstić information content (AvgIpc) is 3.54. The van der Waals surface area contributed by atoms with E-state index in [0.29, 0.717) is 28.5 Å². The Balaban J connectivity index is 1.32. The van der Waals surface area contributed by atoms with Crippen molar-refractivity contribution in [3.63, 3.8) is 0 Å². The molecule has 2 heterocycles. The number of fused-ring (bicyclic) bond motifs is 1. The lowest BCUT2D eigenvalue weighted by atomic mass is 10.1. The highest BCUT2D eigenvalue weighted by Crippen LogP contribution is 2.47. The summed E-state index contributed by atoms with van der Waals surface area (Å²) in [4.78, 5) is 13.0. The Morgan fingerprint density at radius 3 is 2.58 bits per heavy atom. The van der Waals surface area contributed by atoms with Crippen molar-refractivity contribution in [2.24, 2.45) is 0 Å². The van der Waals surface area contributed by atoms with E-state index in [0.717, 1.165) is 25.7 Å². The summed E-state index contributed by atoms with van der Waals surface area (Å²) in [6.45, 7) is 1.77. The highest BCUT2D eigenvalue weighted by Gasteiger charge is 2.44. The lowest BCUT2D eigenvalue weighted by Gasteiger charge is -2.21. The molecule has 0 saturated heterocycles. The van der Waals surface area contributed by atoms with Crippen LogP contribution >= 0.6 is 0 Å². The normalized spacial score (nSPS) is 16.3. The molecule has 0 radical (unpaired) electrons. The molecule has 172 valence electrons. The van der Waals surface area contributed by atoms with Crippen molar-refractivity contribution in [2.75, 3.05) is 5.32 Å². The summed E-state index contributed by atoms with van der Waals surface area (Å²) < 4.78 is 45.1. The maximum atomic E-state index is 13.0. The fourth-order valence-electron chi connectivity index (χ4n) is 4.16. The molecule has 33 heavy (non-hydrogen) atoms. The number of furan rings is 1. The number of carbonyl (C=O) groups excluding carboxylic acids is 1. The van der Waals surface area contributed by atoms with Crippen LogP contribution in [0.15, 0.2) is 64.1 Å². The van der Waals surface area contributed by atoms with Gasteiger partial charge in [0, 0.05) is 30.2 Å². The fraction of sp³-hybridized carbons (Fsp3) is 0.292. The van der Waals surface area contributed by atoms with Crippen LogP contribution < -0.4 is 19.5 Å². The summed E-state index contributed by atoms with van der Waals surface area (Å²) in [5.41, 5.74) is 1.46. The van der Waals surface area contributed by atoms with Crippen LogP contribution in [-0.4, -0.2) is 20.1 Å². The van der Waals surface area contributed by atoms with E-state index in [9.17, 15) is 13.2 Å². The molecule has 1 saturated carbocycles. The van der Waals surface area contributed by atoms with Gasteiger partial charge < -0.3 is 19.2 Å². The monoisotopic (exact) mass is 468 g/mol. The summed E-state index contributed by atoms with van der Waals surface area (Å²) in [6.07, 6.45) is 5.29. The number of hydrogen-bond donors (Lipinski definition) is 2. The largest absolute Gasteiger partial charge is 0.468 e. The topological polar surface area (TPSA) is 107 Å². The molecular formula is C24H24N2O6S. The van der Waals surface area contributed by atoms with Crippen LogP contribution in [0.2, 0.25) is 0 Å². The minimum absolute atomic E-state index is 0.00123. The quantitative estimate of drug-likeness (QED) is 0.557. The highest BCUT2D eigenvalue weighted by atomic mass is 32.2. The molecule has 2 aromatic carbocycles. The third-order valence-electron chi connectivity index (χ3n) is 5.94. The van der Waals surface area contributed by atoms with Crippen LogP contribution in [0.25, 0.3) is 0 Å². The van der Waals surface area contributed by atoms with Crippen LogP contribution in [0.1, 0.15) is 47.4 Å². The van der Waals surface area contributed by atoms with Crippen LogP contribution in [-0.2, 0) is 16.6 Å². The van der Waals surface area contributed by atoms with Gasteiger partial charge in [0.15, 0.2) is 11.5 Å². The van der Waals surface area contributed by atoms with Crippen molar-refractivity contribution in [3.05, 3.63) is 71.7 Å². The summed E-state index contributed by atoms with van der Waals surface area (Å²) in [7, 11) is -3.83. The maximum absolute atomic E-state index is 13.0. The molecular weight excluding hydrogens is 444 g/mol. The number of anilines is 1. The molecule has 8 nitrogen and oxygen atoms in total. The van der Waals surface area contributed by atoms with E-state index in [1.807, 2.05) is 0 Å². The van der Waals surface area contributed by atoms with Crippen molar-refractivity contribution in [1.29, 1.82) is 0 Å². The molecule has 3 aromatic rings. The van der Waals surface area contributed by atoms with E-state index >= 15 is 0 Å². The summed E-state index contributed by atoms with van der Waals surface area (Å²) in [6, 6.07) is 13.1. The van der Waals surface area contributed by atoms with Gasteiger partial charge >= 0.3 is 0 Å². The Morgan fingerprint density at radius 2 is 1.82 bits per heavy atom. The molecule has 1 aliphatic heterocycles. The van der Waals surface area contributed by atoms with Crippen molar-refractivity contribution < 1.29 is 27.1 Å². The Morgan fingerprint density at radius 1 is 1.03 bits per heavy atom. The van der Waals surface area contributed by atoms with Gasteiger partial charge in [-0.3, -0.25) is 4.79 Å². The van der Waals surface area contributed by atoms with Gasteiger partial charge in [0.1, 0.15) is 5.76 Å². The first-order valence-corrected chi connectivity index (χ1v) is 12.3. The van der Waals surface area contributed by atoms with Gasteiger partial charge in [0.25, 0.3) is 11.7 Å². The predicted octanol–water partition coefficient (Wildman–Crippen LogP) is 4.36. The fourth-order valence-corrected chi connectivity index (χ4v) is 5.18. The first-order valence-electron chi connectivity index (χ1n) is 10.8. The Kier molecular flexibility index (Phi) is 5.38. The number of benzene rings is 2. The van der Waals surface area contributed by atoms with Gasteiger partial charge in [-0.2, -0.15) is 0 Å². The zero-order valence-corrected chi connectivity index (χ0v) is 18.9. The molecule has 0 atom stereocenters. The van der Waals surface area contributed by atoms with E-state index in [-0.39, 0.29) is 17.0 Å². The van der Waals surface area contributed by atoms with E-state index in [4.69, 9.17) is 13.9 Å². The standard InChI is InChI=1S/C24H24N2O6S/c1-16-6-8-19(33(28,29)25-15-18-5-4-12-30-18)14-20(16)23(27)26-17-7-9-21-22(13-17)32-24(31-21)10-2-3-11-24/h4-9,12-14,25H,2-3,10-11,15H2,1H3,(H,26,27). The van der Waals surface area contributed by atoms with E-state index < -0.39 is 21.7 Å². The molecule has 1 aromatic heterocycles. The van der Waals surface area contributed by atoms with Gasteiger partial charge in [-0.25, -0.2) is 13.1 Å². The minimum atomic E-state index is -3.83. The number of sulfonamides is 1. The second kappa shape index (κ2) is 8.24. The van der Waals surface area contributed by atoms with E-state index in [1.165, 1.54) is 18.4 Å². The van der Waals surface area contributed by atoms with Crippen molar-refractivity contribution in [1.82, 2.24) is 4.72 Å².